The zero-order valence-corrected chi connectivity index (χ0v) is 13.9. The molecule has 1 aliphatic rings. The number of nitrogens with one attached hydrogen (secondary N) is 1. The van der Waals surface area contributed by atoms with Gasteiger partial charge in [0.05, 0.1) is 19.1 Å². The van der Waals surface area contributed by atoms with Crippen LogP contribution in [0.4, 0.5) is 0 Å². The van der Waals surface area contributed by atoms with Gasteiger partial charge in [-0.3, -0.25) is 9.59 Å². The van der Waals surface area contributed by atoms with Gasteiger partial charge in [-0.2, -0.15) is 0 Å². The van der Waals surface area contributed by atoms with Crippen molar-refractivity contribution < 1.29 is 23.8 Å². The fourth-order valence-corrected chi connectivity index (χ4v) is 2.57. The summed E-state index contributed by atoms with van der Waals surface area (Å²) in [4.78, 5) is 23.6. The van der Waals surface area contributed by atoms with Crippen molar-refractivity contribution >= 4 is 11.8 Å². The minimum absolute atomic E-state index is 0.0721. The number of ether oxygens (including phenoxy) is 3. The molecule has 1 aliphatic heterocycles. The smallest absolute Gasteiger partial charge is 0.246 e. The van der Waals surface area contributed by atoms with E-state index in [1.165, 1.54) is 0 Å². The minimum atomic E-state index is -0.718. The lowest BCUT2D eigenvalue weighted by Gasteiger charge is -2.34. The third kappa shape index (κ3) is 4.94. The summed E-state index contributed by atoms with van der Waals surface area (Å²) >= 11 is 0. The van der Waals surface area contributed by atoms with E-state index in [2.05, 4.69) is 5.32 Å². The maximum Gasteiger partial charge on any atom is 0.246 e. The number of methoxy groups -OCH3 is 1. The molecule has 0 radical (unpaired) electrons. The van der Waals surface area contributed by atoms with Crippen molar-refractivity contribution in [2.75, 3.05) is 33.5 Å². The molecule has 0 saturated carbocycles. The van der Waals surface area contributed by atoms with Crippen LogP contribution in [0.15, 0.2) is 24.3 Å². The first-order valence-corrected chi connectivity index (χ1v) is 7.91. The van der Waals surface area contributed by atoms with Crippen molar-refractivity contribution in [1.29, 1.82) is 0 Å². The highest BCUT2D eigenvalue weighted by molar-refractivity contribution is 5.83. The van der Waals surface area contributed by atoms with E-state index < -0.39 is 11.3 Å². The third-order valence-corrected chi connectivity index (χ3v) is 4.26. The summed E-state index contributed by atoms with van der Waals surface area (Å²) in [5.74, 6) is 0.102. The molecule has 7 nitrogen and oxygen atoms in total. The number of primary amides is 1. The van der Waals surface area contributed by atoms with Gasteiger partial charge in [-0.15, -0.1) is 0 Å². The van der Waals surface area contributed by atoms with Crippen LogP contribution in [0.1, 0.15) is 18.4 Å². The van der Waals surface area contributed by atoms with Crippen LogP contribution in [0.25, 0.3) is 0 Å². The molecule has 0 spiro atoms. The molecule has 2 rings (SSSR count). The molecule has 3 N–H and O–H groups in total. The van der Waals surface area contributed by atoms with Crippen molar-refractivity contribution in [2.45, 2.75) is 19.4 Å². The molecule has 0 bridgehead atoms. The fourth-order valence-electron chi connectivity index (χ4n) is 2.57. The average Bonchev–Trinajstić information content (AvgIpc) is 2.61. The second kappa shape index (κ2) is 8.65. The van der Waals surface area contributed by atoms with Gasteiger partial charge in [0.25, 0.3) is 0 Å². The molecule has 1 saturated heterocycles. The summed E-state index contributed by atoms with van der Waals surface area (Å²) in [5, 5.41) is 2.74. The highest BCUT2D eigenvalue weighted by Crippen LogP contribution is 2.29. The summed E-state index contributed by atoms with van der Waals surface area (Å²) < 4.78 is 15.7. The van der Waals surface area contributed by atoms with Gasteiger partial charge in [0.2, 0.25) is 11.8 Å². The van der Waals surface area contributed by atoms with Crippen molar-refractivity contribution in [2.24, 2.45) is 11.1 Å². The Bertz CT molecular complexity index is 553. The second-order valence-corrected chi connectivity index (χ2v) is 5.87. The lowest BCUT2D eigenvalue weighted by Crippen LogP contribution is -2.50. The lowest BCUT2D eigenvalue weighted by atomic mass is 9.79. The largest absolute Gasteiger partial charge is 0.497 e. The van der Waals surface area contributed by atoms with E-state index in [-0.39, 0.29) is 19.1 Å². The summed E-state index contributed by atoms with van der Waals surface area (Å²) in [6.45, 7) is 1.43. The molecule has 2 amide bonds. The Balaban J connectivity index is 1.73. The maximum atomic E-state index is 11.9. The number of hydrogen-bond acceptors (Lipinski definition) is 5. The van der Waals surface area contributed by atoms with Gasteiger partial charge in [-0.05, 0) is 30.5 Å². The fraction of sp³-hybridized carbons (Fsp3) is 0.529. The van der Waals surface area contributed by atoms with Crippen molar-refractivity contribution in [3.63, 3.8) is 0 Å². The number of amides is 2. The monoisotopic (exact) mass is 336 g/mol. The molecular weight excluding hydrogens is 312 g/mol. The Hall–Kier alpha value is -2.12. The SMILES string of the molecule is COc1ccc(COCC(=O)NCC2(C(N)=O)CCOCC2)cc1. The van der Waals surface area contributed by atoms with Crippen LogP contribution in [-0.4, -0.2) is 45.3 Å². The first kappa shape index (κ1) is 18.2. The number of carbonyl (C=O) groups excluding carboxylic acids is 2. The van der Waals surface area contributed by atoms with E-state index in [0.29, 0.717) is 32.7 Å². The van der Waals surface area contributed by atoms with Crippen LogP contribution in [0, 0.1) is 5.41 Å². The van der Waals surface area contributed by atoms with Crippen molar-refractivity contribution in [3.05, 3.63) is 29.8 Å². The Morgan fingerprint density at radius 2 is 1.92 bits per heavy atom. The van der Waals surface area contributed by atoms with Crippen LogP contribution >= 0.6 is 0 Å². The molecule has 1 aromatic carbocycles. The number of carbonyl (C=O) groups is 2. The van der Waals surface area contributed by atoms with Gasteiger partial charge in [-0.1, -0.05) is 12.1 Å². The second-order valence-electron chi connectivity index (χ2n) is 5.87. The van der Waals surface area contributed by atoms with Crippen molar-refractivity contribution in [1.82, 2.24) is 5.32 Å². The number of nitrogens with two attached hydrogens (primary N) is 1. The average molecular weight is 336 g/mol. The lowest BCUT2D eigenvalue weighted by molar-refractivity contribution is -0.134. The van der Waals surface area contributed by atoms with Gasteiger partial charge in [0, 0.05) is 19.8 Å². The maximum absolute atomic E-state index is 11.9. The van der Waals surface area contributed by atoms with E-state index in [4.69, 9.17) is 19.9 Å². The van der Waals surface area contributed by atoms with Crippen LogP contribution in [0.3, 0.4) is 0 Å². The molecule has 1 aromatic rings. The Kier molecular flexibility index (Phi) is 6.57. The van der Waals surface area contributed by atoms with Crippen LogP contribution in [0.5, 0.6) is 5.75 Å². The van der Waals surface area contributed by atoms with Crippen LogP contribution in [-0.2, 0) is 25.7 Å². The predicted molar refractivity (Wildman–Crippen MR) is 87.3 cm³/mol. The number of hydrogen-bond donors (Lipinski definition) is 2. The molecule has 1 fully saturated rings. The van der Waals surface area contributed by atoms with Gasteiger partial charge >= 0.3 is 0 Å². The summed E-state index contributed by atoms with van der Waals surface area (Å²) in [6.07, 6.45) is 1.05. The van der Waals surface area contributed by atoms with E-state index >= 15 is 0 Å². The molecule has 1 heterocycles. The Morgan fingerprint density at radius 3 is 2.50 bits per heavy atom. The molecule has 132 valence electrons. The van der Waals surface area contributed by atoms with Crippen LogP contribution in [0.2, 0.25) is 0 Å². The van der Waals surface area contributed by atoms with E-state index in [0.717, 1.165) is 11.3 Å². The zero-order valence-electron chi connectivity index (χ0n) is 13.9. The standard InChI is InChI=1S/C17H24N2O5/c1-22-14-4-2-13(3-5-14)10-24-11-15(20)19-12-17(16(18)21)6-8-23-9-7-17/h2-5H,6-12H2,1H3,(H2,18,21)(H,19,20). The van der Waals surface area contributed by atoms with Gasteiger partial charge in [0.1, 0.15) is 12.4 Å². The Morgan fingerprint density at radius 1 is 1.25 bits per heavy atom. The molecule has 0 aromatic heterocycles. The number of benzene rings is 1. The van der Waals surface area contributed by atoms with Gasteiger partial charge in [-0.25, -0.2) is 0 Å². The first-order chi connectivity index (χ1) is 11.6. The molecule has 0 atom stereocenters. The Labute approximate surface area is 141 Å². The number of rotatable bonds is 8. The third-order valence-electron chi connectivity index (χ3n) is 4.26. The molecule has 24 heavy (non-hydrogen) atoms. The predicted octanol–water partition coefficient (Wildman–Crippen LogP) is 0.610. The molecular formula is C17H24N2O5. The van der Waals surface area contributed by atoms with Crippen molar-refractivity contribution in [3.8, 4) is 5.75 Å². The zero-order chi connectivity index (χ0) is 17.4. The van der Waals surface area contributed by atoms with Gasteiger partial charge < -0.3 is 25.3 Å². The topological polar surface area (TPSA) is 99.9 Å². The van der Waals surface area contributed by atoms with Crippen LogP contribution < -0.4 is 15.8 Å². The molecule has 0 unspecified atom stereocenters. The van der Waals surface area contributed by atoms with Gasteiger partial charge in [0.15, 0.2) is 0 Å². The highest BCUT2D eigenvalue weighted by Gasteiger charge is 2.38. The first-order valence-electron chi connectivity index (χ1n) is 7.91. The normalized spacial score (nSPS) is 16.4. The molecule has 7 heteroatoms. The quantitative estimate of drug-likeness (QED) is 0.724. The summed E-state index contributed by atoms with van der Waals surface area (Å²) in [6, 6.07) is 7.42. The molecule has 0 aliphatic carbocycles. The summed E-state index contributed by atoms with van der Waals surface area (Å²) in [7, 11) is 1.60. The van der Waals surface area contributed by atoms with E-state index in [1.807, 2.05) is 24.3 Å². The van der Waals surface area contributed by atoms with E-state index in [9.17, 15) is 9.59 Å². The highest BCUT2D eigenvalue weighted by atomic mass is 16.5. The van der Waals surface area contributed by atoms with E-state index in [1.54, 1.807) is 7.11 Å². The summed E-state index contributed by atoms with van der Waals surface area (Å²) in [5.41, 5.74) is 5.73. The minimum Gasteiger partial charge on any atom is -0.497 e.